The van der Waals surface area contributed by atoms with Crippen LogP contribution in [0.4, 0.5) is 0 Å². The molecule has 0 amide bonds. The van der Waals surface area contributed by atoms with Crippen molar-refractivity contribution < 1.29 is 9.53 Å². The van der Waals surface area contributed by atoms with E-state index in [0.717, 1.165) is 36.0 Å². The Labute approximate surface area is 118 Å². The van der Waals surface area contributed by atoms with Crippen LogP contribution in [0.1, 0.15) is 31.7 Å². The summed E-state index contributed by atoms with van der Waals surface area (Å²) in [5.41, 5.74) is 2.86. The molecule has 0 spiro atoms. The Morgan fingerprint density at radius 1 is 1.21 bits per heavy atom. The smallest absolute Gasteiger partial charge is 0.338 e. The molecule has 1 aromatic rings. The molecular formula is C16H17ClO2. The Morgan fingerprint density at radius 2 is 1.95 bits per heavy atom. The van der Waals surface area contributed by atoms with Gasteiger partial charge in [0.1, 0.15) is 6.10 Å². The molecule has 3 rings (SSSR count). The molecule has 1 aliphatic carbocycles. The minimum atomic E-state index is -0.198. The van der Waals surface area contributed by atoms with E-state index in [9.17, 15) is 4.79 Å². The molecule has 3 atom stereocenters. The number of ether oxygens (including phenoxy) is 1. The minimum absolute atomic E-state index is 0.0313. The maximum Gasteiger partial charge on any atom is 0.338 e. The van der Waals surface area contributed by atoms with Gasteiger partial charge in [-0.3, -0.25) is 0 Å². The number of hydrogen-bond donors (Lipinski definition) is 0. The van der Waals surface area contributed by atoms with E-state index in [4.69, 9.17) is 16.3 Å². The largest absolute Gasteiger partial charge is 0.458 e. The fourth-order valence-electron chi connectivity index (χ4n) is 3.20. The van der Waals surface area contributed by atoms with E-state index in [2.05, 4.69) is 6.92 Å². The Hall–Kier alpha value is -1.28. The van der Waals surface area contributed by atoms with Gasteiger partial charge in [0.15, 0.2) is 0 Å². The van der Waals surface area contributed by atoms with Crippen LogP contribution in [-0.4, -0.2) is 17.5 Å². The maximum atomic E-state index is 12.2. The standard InChI is InChI=1S/C16H17ClO2/c1-10-13-8-7-12(17)9-14(13)19-16(18)15(10)11-5-3-2-4-6-11/h2-6,12-14H,7-9H2,1H3/t12-,13-,14-/m0/s1. The molecule has 0 aromatic heterocycles. The molecule has 1 saturated carbocycles. The number of fused-ring (bicyclic) bond motifs is 1. The molecule has 0 N–H and O–H groups in total. The van der Waals surface area contributed by atoms with Gasteiger partial charge < -0.3 is 4.74 Å². The van der Waals surface area contributed by atoms with Crippen LogP contribution in [0.15, 0.2) is 35.9 Å². The van der Waals surface area contributed by atoms with E-state index in [-0.39, 0.29) is 17.5 Å². The molecule has 0 bridgehead atoms. The first-order valence-electron chi connectivity index (χ1n) is 6.78. The fraction of sp³-hybridized carbons (Fsp3) is 0.438. The highest BCUT2D eigenvalue weighted by Crippen LogP contribution is 2.41. The van der Waals surface area contributed by atoms with Crippen LogP contribution in [0.2, 0.25) is 0 Å². The number of halogens is 1. The topological polar surface area (TPSA) is 26.3 Å². The summed E-state index contributed by atoms with van der Waals surface area (Å²) in [5.74, 6) is 0.138. The van der Waals surface area contributed by atoms with Gasteiger partial charge in [-0.15, -0.1) is 11.6 Å². The van der Waals surface area contributed by atoms with Crippen molar-refractivity contribution in [3.05, 3.63) is 41.5 Å². The van der Waals surface area contributed by atoms with Crippen LogP contribution in [-0.2, 0) is 9.53 Å². The zero-order valence-electron chi connectivity index (χ0n) is 10.9. The van der Waals surface area contributed by atoms with E-state index < -0.39 is 0 Å². The second kappa shape index (κ2) is 5.01. The van der Waals surface area contributed by atoms with Gasteiger partial charge in [0.25, 0.3) is 0 Å². The van der Waals surface area contributed by atoms with Gasteiger partial charge in [0.05, 0.1) is 5.57 Å². The average molecular weight is 277 g/mol. The highest BCUT2D eigenvalue weighted by Gasteiger charge is 2.39. The van der Waals surface area contributed by atoms with Crippen LogP contribution in [0.25, 0.3) is 5.57 Å². The molecule has 1 aromatic carbocycles. The lowest BCUT2D eigenvalue weighted by Gasteiger charge is -2.38. The Balaban J connectivity index is 2.00. The molecule has 0 saturated heterocycles. The van der Waals surface area contributed by atoms with Crippen molar-refractivity contribution in [3.63, 3.8) is 0 Å². The van der Waals surface area contributed by atoms with Gasteiger partial charge in [0, 0.05) is 17.7 Å². The molecule has 0 radical (unpaired) electrons. The second-order valence-corrected chi connectivity index (χ2v) is 6.00. The maximum absolute atomic E-state index is 12.2. The highest BCUT2D eigenvalue weighted by molar-refractivity contribution is 6.21. The lowest BCUT2D eigenvalue weighted by Crippen LogP contribution is -2.39. The average Bonchev–Trinajstić information content (AvgIpc) is 2.39. The molecule has 19 heavy (non-hydrogen) atoms. The van der Waals surface area contributed by atoms with Crippen LogP contribution < -0.4 is 0 Å². The summed E-state index contributed by atoms with van der Waals surface area (Å²) >= 11 is 6.18. The van der Waals surface area contributed by atoms with Gasteiger partial charge in [0.2, 0.25) is 0 Å². The van der Waals surface area contributed by atoms with Crippen molar-refractivity contribution in [1.29, 1.82) is 0 Å². The third kappa shape index (κ3) is 2.30. The monoisotopic (exact) mass is 276 g/mol. The zero-order chi connectivity index (χ0) is 13.4. The van der Waals surface area contributed by atoms with Gasteiger partial charge >= 0.3 is 5.97 Å². The van der Waals surface area contributed by atoms with E-state index in [1.54, 1.807) is 0 Å². The SMILES string of the molecule is CC1=C(c2ccccc2)C(=O)O[C@H]2C[C@@H](Cl)CC[C@@H]12. The van der Waals surface area contributed by atoms with Crippen LogP contribution in [0.5, 0.6) is 0 Å². The highest BCUT2D eigenvalue weighted by atomic mass is 35.5. The van der Waals surface area contributed by atoms with Gasteiger partial charge in [-0.05, 0) is 25.3 Å². The van der Waals surface area contributed by atoms with Crippen molar-refractivity contribution >= 4 is 23.1 Å². The summed E-state index contributed by atoms with van der Waals surface area (Å²) in [7, 11) is 0. The molecular weight excluding hydrogens is 260 g/mol. The van der Waals surface area contributed by atoms with Gasteiger partial charge in [-0.1, -0.05) is 35.9 Å². The summed E-state index contributed by atoms with van der Waals surface area (Å²) in [4.78, 5) is 12.2. The third-order valence-electron chi connectivity index (χ3n) is 4.20. The van der Waals surface area contributed by atoms with Crippen molar-refractivity contribution in [2.24, 2.45) is 5.92 Å². The number of rotatable bonds is 1. The first-order chi connectivity index (χ1) is 9.16. The molecule has 100 valence electrons. The minimum Gasteiger partial charge on any atom is -0.458 e. The number of benzene rings is 1. The van der Waals surface area contributed by atoms with Crippen LogP contribution in [0, 0.1) is 5.92 Å². The Morgan fingerprint density at radius 3 is 2.68 bits per heavy atom. The predicted molar refractivity (Wildman–Crippen MR) is 75.9 cm³/mol. The number of carbonyl (C=O) groups excluding carboxylic acids is 1. The number of carbonyl (C=O) groups is 1. The van der Waals surface area contributed by atoms with Gasteiger partial charge in [-0.25, -0.2) is 4.79 Å². The molecule has 1 aliphatic heterocycles. The van der Waals surface area contributed by atoms with Crippen molar-refractivity contribution in [3.8, 4) is 0 Å². The van der Waals surface area contributed by atoms with E-state index in [0.29, 0.717) is 5.92 Å². The molecule has 1 fully saturated rings. The Bertz CT molecular complexity index is 521. The lowest BCUT2D eigenvalue weighted by atomic mass is 9.77. The Kier molecular flexibility index (Phi) is 3.36. The molecule has 1 heterocycles. The molecule has 2 aliphatic rings. The summed E-state index contributed by atoms with van der Waals surface area (Å²) in [6.07, 6.45) is 2.75. The van der Waals surface area contributed by atoms with E-state index in [1.165, 1.54) is 0 Å². The number of esters is 1. The zero-order valence-corrected chi connectivity index (χ0v) is 11.7. The first-order valence-corrected chi connectivity index (χ1v) is 7.21. The summed E-state index contributed by atoms with van der Waals surface area (Å²) in [6, 6.07) is 9.78. The predicted octanol–water partition coefficient (Wildman–Crippen LogP) is 3.79. The van der Waals surface area contributed by atoms with Gasteiger partial charge in [-0.2, -0.15) is 0 Å². The lowest BCUT2D eigenvalue weighted by molar-refractivity contribution is -0.147. The van der Waals surface area contributed by atoms with E-state index in [1.807, 2.05) is 30.3 Å². The molecule has 3 heteroatoms. The van der Waals surface area contributed by atoms with Crippen molar-refractivity contribution in [2.45, 2.75) is 37.7 Å². The number of alkyl halides is 1. The van der Waals surface area contributed by atoms with Crippen molar-refractivity contribution in [2.75, 3.05) is 0 Å². The second-order valence-electron chi connectivity index (χ2n) is 5.38. The molecule has 2 nitrogen and oxygen atoms in total. The third-order valence-corrected chi connectivity index (χ3v) is 4.60. The summed E-state index contributed by atoms with van der Waals surface area (Å²) in [6.45, 7) is 2.06. The van der Waals surface area contributed by atoms with E-state index >= 15 is 0 Å². The quantitative estimate of drug-likeness (QED) is 0.576. The molecule has 0 unspecified atom stereocenters. The van der Waals surface area contributed by atoms with Crippen molar-refractivity contribution in [1.82, 2.24) is 0 Å². The fourth-order valence-corrected chi connectivity index (χ4v) is 3.50. The summed E-state index contributed by atoms with van der Waals surface area (Å²) in [5, 5.41) is 0.139. The first kappa shape index (κ1) is 12.7. The van der Waals surface area contributed by atoms with Crippen LogP contribution in [0.3, 0.4) is 0 Å². The normalized spacial score (nSPS) is 30.8. The number of hydrogen-bond acceptors (Lipinski definition) is 2. The summed E-state index contributed by atoms with van der Waals surface area (Å²) < 4.78 is 5.62. The van der Waals surface area contributed by atoms with Crippen LogP contribution >= 0.6 is 11.6 Å².